The first-order valence-corrected chi connectivity index (χ1v) is 7.08. The van der Waals surface area contributed by atoms with Gasteiger partial charge in [0.2, 0.25) is 0 Å². The van der Waals surface area contributed by atoms with E-state index in [1.807, 2.05) is 0 Å². The van der Waals surface area contributed by atoms with Crippen LogP contribution in [0.3, 0.4) is 0 Å². The summed E-state index contributed by atoms with van der Waals surface area (Å²) in [4.78, 5) is 0. The largest absolute Gasteiger partial charge is 0.207 e. The van der Waals surface area contributed by atoms with Gasteiger partial charge < -0.3 is 0 Å². The van der Waals surface area contributed by atoms with Gasteiger partial charge in [0.05, 0.1) is 0 Å². The van der Waals surface area contributed by atoms with Gasteiger partial charge in [0, 0.05) is 0 Å². The van der Waals surface area contributed by atoms with E-state index < -0.39 is 17.5 Å². The van der Waals surface area contributed by atoms with Gasteiger partial charge in [-0.25, -0.2) is 17.6 Å². The van der Waals surface area contributed by atoms with Crippen molar-refractivity contribution in [1.82, 2.24) is 0 Å². The molecule has 0 saturated heterocycles. The van der Waals surface area contributed by atoms with Crippen LogP contribution in [0, 0.1) is 23.3 Å². The highest BCUT2D eigenvalue weighted by atomic mass is 19.2. The highest BCUT2D eigenvalue weighted by Gasteiger charge is 2.27. The molecule has 0 aromatic heterocycles. The monoisotopic (exact) mass is 306 g/mol. The minimum Gasteiger partial charge on any atom is -0.207 e. The highest BCUT2D eigenvalue weighted by Crippen LogP contribution is 2.36. The SMILES string of the molecule is C=Cc1ccc(C2CCc3c(cc(F)c(F)c3F)C2)c(F)c1. The maximum Gasteiger partial charge on any atom is 0.194 e. The Morgan fingerprint density at radius 1 is 1.00 bits per heavy atom. The van der Waals surface area contributed by atoms with Gasteiger partial charge in [0.15, 0.2) is 17.5 Å². The number of rotatable bonds is 2. The number of hydrogen-bond donors (Lipinski definition) is 0. The van der Waals surface area contributed by atoms with Crippen LogP contribution < -0.4 is 0 Å². The second kappa shape index (κ2) is 5.59. The molecule has 1 aliphatic rings. The molecule has 22 heavy (non-hydrogen) atoms. The van der Waals surface area contributed by atoms with Crippen molar-refractivity contribution in [3.8, 4) is 0 Å². The van der Waals surface area contributed by atoms with Crippen LogP contribution in [-0.4, -0.2) is 0 Å². The van der Waals surface area contributed by atoms with Crippen LogP contribution in [0.25, 0.3) is 6.08 Å². The zero-order valence-electron chi connectivity index (χ0n) is 11.8. The molecule has 2 aromatic carbocycles. The first-order valence-electron chi connectivity index (χ1n) is 7.08. The molecule has 114 valence electrons. The van der Waals surface area contributed by atoms with E-state index in [1.54, 1.807) is 18.2 Å². The van der Waals surface area contributed by atoms with Gasteiger partial charge in [-0.1, -0.05) is 24.8 Å². The van der Waals surface area contributed by atoms with Crippen molar-refractivity contribution in [2.45, 2.75) is 25.2 Å². The van der Waals surface area contributed by atoms with Crippen LogP contribution in [0.15, 0.2) is 30.8 Å². The Hall–Kier alpha value is -2.10. The lowest BCUT2D eigenvalue weighted by Gasteiger charge is -2.26. The van der Waals surface area contributed by atoms with E-state index in [2.05, 4.69) is 6.58 Å². The molecule has 3 rings (SSSR count). The summed E-state index contributed by atoms with van der Waals surface area (Å²) in [5.41, 5.74) is 1.82. The molecular formula is C18H14F4. The van der Waals surface area contributed by atoms with E-state index in [0.29, 0.717) is 29.5 Å². The average molecular weight is 306 g/mol. The summed E-state index contributed by atoms with van der Waals surface area (Å²) in [5.74, 6) is -4.27. The maximum absolute atomic E-state index is 14.2. The van der Waals surface area contributed by atoms with E-state index in [0.717, 1.165) is 6.07 Å². The van der Waals surface area contributed by atoms with Crippen molar-refractivity contribution >= 4 is 6.08 Å². The molecular weight excluding hydrogens is 292 g/mol. The summed E-state index contributed by atoms with van der Waals surface area (Å²) in [7, 11) is 0. The third-order valence-electron chi connectivity index (χ3n) is 4.27. The molecule has 0 radical (unpaired) electrons. The molecule has 0 saturated carbocycles. The van der Waals surface area contributed by atoms with Crippen LogP contribution in [0.1, 0.15) is 34.6 Å². The van der Waals surface area contributed by atoms with E-state index >= 15 is 0 Å². The van der Waals surface area contributed by atoms with E-state index in [1.165, 1.54) is 6.07 Å². The molecule has 4 heteroatoms. The lowest BCUT2D eigenvalue weighted by molar-refractivity contribution is 0.427. The average Bonchev–Trinajstić information content (AvgIpc) is 2.52. The molecule has 1 atom stereocenters. The standard InChI is InChI=1S/C18H14F4/c1-2-10-3-5-13(15(19)7-10)11-4-6-14-12(8-11)9-16(20)18(22)17(14)21/h2-3,5,7,9,11H,1,4,6,8H2. The summed E-state index contributed by atoms with van der Waals surface area (Å²) in [5, 5.41) is 0. The topological polar surface area (TPSA) is 0 Å². The minimum atomic E-state index is -1.43. The Morgan fingerprint density at radius 2 is 1.77 bits per heavy atom. The Bertz CT molecular complexity index is 749. The fourth-order valence-corrected chi connectivity index (χ4v) is 3.09. The van der Waals surface area contributed by atoms with Crippen molar-refractivity contribution < 1.29 is 17.6 Å². The summed E-state index contributed by atoms with van der Waals surface area (Å²) in [6.45, 7) is 3.59. The summed E-state index contributed by atoms with van der Waals surface area (Å²) < 4.78 is 54.6. The molecule has 0 nitrogen and oxygen atoms in total. The molecule has 0 spiro atoms. The molecule has 0 N–H and O–H groups in total. The molecule has 0 aliphatic heterocycles. The fourth-order valence-electron chi connectivity index (χ4n) is 3.09. The van der Waals surface area contributed by atoms with E-state index in [-0.39, 0.29) is 23.7 Å². The third-order valence-corrected chi connectivity index (χ3v) is 4.27. The zero-order chi connectivity index (χ0) is 15.9. The van der Waals surface area contributed by atoms with Gasteiger partial charge in [-0.15, -0.1) is 0 Å². The number of benzene rings is 2. The Balaban J connectivity index is 1.96. The third kappa shape index (κ3) is 2.43. The van der Waals surface area contributed by atoms with Gasteiger partial charge in [-0.3, -0.25) is 0 Å². The minimum absolute atomic E-state index is 0.171. The second-order valence-electron chi connectivity index (χ2n) is 5.55. The smallest absolute Gasteiger partial charge is 0.194 e. The second-order valence-corrected chi connectivity index (χ2v) is 5.55. The van der Waals surface area contributed by atoms with Crippen LogP contribution in [0.2, 0.25) is 0 Å². The van der Waals surface area contributed by atoms with Crippen LogP contribution >= 0.6 is 0 Å². The van der Waals surface area contributed by atoms with Gasteiger partial charge >= 0.3 is 0 Å². The van der Waals surface area contributed by atoms with Gasteiger partial charge in [0.25, 0.3) is 0 Å². The number of fused-ring (bicyclic) bond motifs is 1. The van der Waals surface area contributed by atoms with Crippen LogP contribution in [0.4, 0.5) is 17.6 Å². The summed E-state index contributed by atoms with van der Waals surface area (Å²) in [6.07, 6.45) is 2.62. The van der Waals surface area contributed by atoms with E-state index in [4.69, 9.17) is 0 Å². The lowest BCUT2D eigenvalue weighted by atomic mass is 9.79. The molecule has 1 aliphatic carbocycles. The van der Waals surface area contributed by atoms with E-state index in [9.17, 15) is 17.6 Å². The van der Waals surface area contributed by atoms with Gasteiger partial charge in [0.1, 0.15) is 5.82 Å². The molecule has 0 heterocycles. The molecule has 0 bridgehead atoms. The normalized spacial score (nSPS) is 17.2. The Morgan fingerprint density at radius 3 is 2.45 bits per heavy atom. The van der Waals surface area contributed by atoms with Crippen molar-refractivity contribution in [1.29, 1.82) is 0 Å². The van der Waals surface area contributed by atoms with Gasteiger partial charge in [-0.2, -0.15) is 0 Å². The molecule has 0 fully saturated rings. The Labute approximate surface area is 126 Å². The fraction of sp³-hybridized carbons (Fsp3) is 0.222. The van der Waals surface area contributed by atoms with Crippen molar-refractivity contribution in [3.63, 3.8) is 0 Å². The molecule has 2 aromatic rings. The van der Waals surface area contributed by atoms with Crippen molar-refractivity contribution in [2.75, 3.05) is 0 Å². The number of hydrogen-bond acceptors (Lipinski definition) is 0. The summed E-state index contributed by atoms with van der Waals surface area (Å²) in [6, 6.07) is 5.85. The first-order chi connectivity index (χ1) is 10.5. The molecule has 1 unspecified atom stereocenters. The Kier molecular flexibility index (Phi) is 3.77. The number of halogens is 4. The van der Waals surface area contributed by atoms with Crippen molar-refractivity contribution in [3.05, 3.63) is 76.4 Å². The van der Waals surface area contributed by atoms with Gasteiger partial charge in [-0.05, 0) is 59.6 Å². The predicted octanol–water partition coefficient (Wildman–Crippen LogP) is 5.16. The molecule has 0 amide bonds. The zero-order valence-corrected chi connectivity index (χ0v) is 11.8. The highest BCUT2D eigenvalue weighted by molar-refractivity contribution is 5.48. The first kappa shape index (κ1) is 14.8. The van der Waals surface area contributed by atoms with Crippen LogP contribution in [0.5, 0.6) is 0 Å². The maximum atomic E-state index is 14.2. The van der Waals surface area contributed by atoms with Crippen molar-refractivity contribution in [2.24, 2.45) is 0 Å². The quantitative estimate of drug-likeness (QED) is 0.531. The summed E-state index contributed by atoms with van der Waals surface area (Å²) >= 11 is 0. The predicted molar refractivity (Wildman–Crippen MR) is 77.6 cm³/mol. The van der Waals surface area contributed by atoms with Crippen LogP contribution in [-0.2, 0) is 12.8 Å². The lowest BCUT2D eigenvalue weighted by Crippen LogP contribution is -2.17.